The first-order valence-corrected chi connectivity index (χ1v) is 14.7. The number of ether oxygens (including phenoxy) is 1. The number of imide groups is 1. The fraction of sp³-hybridized carbons (Fsp3) is 0.303. The number of nitrogens with zero attached hydrogens (tertiary/aromatic N) is 4. The van der Waals surface area contributed by atoms with Gasteiger partial charge in [0, 0.05) is 61.5 Å². The maximum absolute atomic E-state index is 15.2. The van der Waals surface area contributed by atoms with E-state index in [9.17, 15) is 19.2 Å². The van der Waals surface area contributed by atoms with Crippen molar-refractivity contribution >= 4 is 29.3 Å². The van der Waals surface area contributed by atoms with E-state index in [2.05, 4.69) is 15.1 Å². The largest absolute Gasteiger partial charge is 0.488 e. The van der Waals surface area contributed by atoms with Crippen LogP contribution < -0.4 is 20.7 Å². The van der Waals surface area contributed by atoms with Crippen LogP contribution in [0, 0.1) is 17.1 Å². The number of benzene rings is 3. The Labute approximate surface area is 258 Å². The van der Waals surface area contributed by atoms with Crippen molar-refractivity contribution < 1.29 is 28.3 Å². The van der Waals surface area contributed by atoms with Gasteiger partial charge in [-0.15, -0.1) is 0 Å². The molecule has 45 heavy (non-hydrogen) atoms. The third-order valence-corrected chi connectivity index (χ3v) is 8.55. The Morgan fingerprint density at radius 2 is 1.87 bits per heavy atom. The molecule has 230 valence electrons. The summed E-state index contributed by atoms with van der Waals surface area (Å²) in [7, 11) is 0. The van der Waals surface area contributed by atoms with Crippen molar-refractivity contribution in [1.82, 2.24) is 15.1 Å². The van der Waals surface area contributed by atoms with Gasteiger partial charge in [-0.05, 0) is 48.4 Å². The number of nitriles is 1. The van der Waals surface area contributed by atoms with Crippen molar-refractivity contribution in [2.45, 2.75) is 38.6 Å². The van der Waals surface area contributed by atoms with Crippen molar-refractivity contribution in [2.24, 2.45) is 5.73 Å². The second-order valence-corrected chi connectivity index (χ2v) is 11.4. The highest BCUT2D eigenvalue weighted by molar-refractivity contribution is 6.05. The van der Waals surface area contributed by atoms with Crippen LogP contribution in [0.4, 0.5) is 10.1 Å². The lowest BCUT2D eigenvalue weighted by Crippen LogP contribution is -2.52. The molecule has 0 unspecified atom stereocenters. The van der Waals surface area contributed by atoms with Crippen LogP contribution >= 0.6 is 0 Å². The zero-order valence-corrected chi connectivity index (χ0v) is 24.4. The number of primary amides is 1. The van der Waals surface area contributed by atoms with E-state index in [-0.39, 0.29) is 37.8 Å². The average Bonchev–Trinajstić information content (AvgIpc) is 3.37. The third kappa shape index (κ3) is 6.07. The third-order valence-electron chi connectivity index (χ3n) is 8.55. The summed E-state index contributed by atoms with van der Waals surface area (Å²) in [4.78, 5) is 54.7. The van der Waals surface area contributed by atoms with E-state index < -0.39 is 23.7 Å². The van der Waals surface area contributed by atoms with Gasteiger partial charge in [0.2, 0.25) is 11.8 Å². The summed E-state index contributed by atoms with van der Waals surface area (Å²) >= 11 is 0. The van der Waals surface area contributed by atoms with Crippen LogP contribution in [-0.4, -0.2) is 65.6 Å². The van der Waals surface area contributed by atoms with E-state index in [0.29, 0.717) is 72.0 Å². The normalized spacial score (nSPS) is 18.4. The molecule has 6 rings (SSSR count). The number of carbonyl (C=O) groups excluding carboxylic acids is 4. The van der Waals surface area contributed by atoms with Gasteiger partial charge in [0.1, 0.15) is 24.2 Å². The van der Waals surface area contributed by atoms with Crippen molar-refractivity contribution in [3.8, 4) is 11.8 Å². The molecular formula is C33H31FN6O5. The van der Waals surface area contributed by atoms with Gasteiger partial charge in [0.05, 0.1) is 23.7 Å². The molecular weight excluding hydrogens is 579 g/mol. The van der Waals surface area contributed by atoms with E-state index in [1.165, 1.54) is 17.0 Å². The summed E-state index contributed by atoms with van der Waals surface area (Å²) in [5.41, 5.74) is 9.20. The number of fused-ring (bicyclic) bond motifs is 1. The zero-order chi connectivity index (χ0) is 31.7. The maximum Gasteiger partial charge on any atom is 0.255 e. The number of anilines is 1. The van der Waals surface area contributed by atoms with Gasteiger partial charge < -0.3 is 20.3 Å². The van der Waals surface area contributed by atoms with Crippen LogP contribution in [0.1, 0.15) is 55.8 Å². The number of nitrogens with one attached hydrogen (secondary N) is 1. The standard InChI is InChI=1S/C33H31FN6O5/c34-26-15-21(17-38-10-12-39(13-11-38)27-7-5-20(16-35)14-24(27)31(36)42)4-6-22(26)19-45-29-3-1-2-23-25(29)18-40(33(23)44)28-8-9-30(41)37-32(28)43/h1-7,14-15,28H,8-13,17-19H2,(H2,36,42)(H,37,41,43)/t28-/m0/s1. The van der Waals surface area contributed by atoms with E-state index in [0.717, 1.165) is 5.56 Å². The van der Waals surface area contributed by atoms with Crippen LogP contribution in [0.25, 0.3) is 0 Å². The summed E-state index contributed by atoms with van der Waals surface area (Å²) in [6.07, 6.45) is 0.433. The minimum Gasteiger partial charge on any atom is -0.488 e. The van der Waals surface area contributed by atoms with Gasteiger partial charge >= 0.3 is 0 Å². The molecule has 3 aromatic carbocycles. The summed E-state index contributed by atoms with van der Waals surface area (Å²) in [5, 5.41) is 11.5. The Hall–Kier alpha value is -5.28. The Balaban J connectivity index is 1.06. The zero-order valence-electron chi connectivity index (χ0n) is 24.4. The number of piperidine rings is 1. The molecule has 0 spiro atoms. The van der Waals surface area contributed by atoms with E-state index in [1.807, 2.05) is 12.1 Å². The average molecular weight is 611 g/mol. The molecule has 2 saturated heterocycles. The number of amides is 4. The molecule has 1 atom stereocenters. The molecule has 3 aliphatic rings. The van der Waals surface area contributed by atoms with Gasteiger partial charge in [-0.3, -0.25) is 29.4 Å². The summed E-state index contributed by atoms with van der Waals surface area (Å²) in [5.74, 6) is -1.67. The Bertz CT molecular complexity index is 1750. The molecule has 12 heteroatoms. The first kappa shape index (κ1) is 29.8. The van der Waals surface area contributed by atoms with Crippen LogP contribution in [0.2, 0.25) is 0 Å². The maximum atomic E-state index is 15.2. The number of piperazine rings is 1. The van der Waals surface area contributed by atoms with Crippen LogP contribution in [0.5, 0.6) is 5.75 Å². The number of hydrogen-bond acceptors (Lipinski definition) is 8. The number of carbonyl (C=O) groups is 4. The highest BCUT2D eigenvalue weighted by Gasteiger charge is 2.40. The Kier molecular flexibility index (Phi) is 8.19. The van der Waals surface area contributed by atoms with Crippen molar-refractivity contribution in [2.75, 3.05) is 31.1 Å². The predicted octanol–water partition coefficient (Wildman–Crippen LogP) is 2.46. The summed E-state index contributed by atoms with van der Waals surface area (Å²) < 4.78 is 21.2. The molecule has 0 aliphatic carbocycles. The molecule has 11 nitrogen and oxygen atoms in total. The summed E-state index contributed by atoms with van der Waals surface area (Å²) in [6, 6.07) is 16.4. The minimum absolute atomic E-state index is 0.0410. The van der Waals surface area contributed by atoms with Crippen LogP contribution in [-0.2, 0) is 29.3 Å². The second-order valence-electron chi connectivity index (χ2n) is 11.4. The lowest BCUT2D eigenvalue weighted by atomic mass is 10.0. The fourth-order valence-electron chi connectivity index (χ4n) is 6.14. The molecule has 0 bridgehead atoms. The number of rotatable bonds is 8. The highest BCUT2D eigenvalue weighted by Crippen LogP contribution is 2.34. The lowest BCUT2D eigenvalue weighted by molar-refractivity contribution is -0.136. The first-order valence-electron chi connectivity index (χ1n) is 14.7. The second kappa shape index (κ2) is 12.4. The first-order chi connectivity index (χ1) is 21.7. The Morgan fingerprint density at radius 1 is 1.07 bits per heavy atom. The quantitative estimate of drug-likeness (QED) is 0.370. The molecule has 0 aromatic heterocycles. The molecule has 3 aromatic rings. The van der Waals surface area contributed by atoms with Crippen LogP contribution in [0.3, 0.4) is 0 Å². The monoisotopic (exact) mass is 610 g/mol. The smallest absolute Gasteiger partial charge is 0.255 e. The van der Waals surface area contributed by atoms with E-state index in [1.54, 1.807) is 36.4 Å². The molecule has 3 heterocycles. The molecule has 2 fully saturated rings. The summed E-state index contributed by atoms with van der Waals surface area (Å²) in [6.45, 7) is 3.35. The number of hydrogen-bond donors (Lipinski definition) is 2. The fourth-order valence-corrected chi connectivity index (χ4v) is 6.14. The SMILES string of the molecule is N#Cc1ccc(N2CCN(Cc3ccc(COc4cccc5c4CN([C@H]4CCC(=O)NC4=O)C5=O)c(F)c3)CC2)c(C(N)=O)c1. The molecule has 3 aliphatic heterocycles. The Morgan fingerprint density at radius 3 is 2.58 bits per heavy atom. The van der Waals surface area contributed by atoms with Gasteiger partial charge in [0.15, 0.2) is 0 Å². The molecule has 0 saturated carbocycles. The van der Waals surface area contributed by atoms with Gasteiger partial charge in [-0.2, -0.15) is 5.26 Å². The minimum atomic E-state index is -0.730. The van der Waals surface area contributed by atoms with Gasteiger partial charge in [-0.1, -0.05) is 18.2 Å². The topological polar surface area (TPSA) is 149 Å². The van der Waals surface area contributed by atoms with E-state index >= 15 is 4.39 Å². The van der Waals surface area contributed by atoms with E-state index in [4.69, 9.17) is 15.7 Å². The lowest BCUT2D eigenvalue weighted by Gasteiger charge is -2.36. The van der Waals surface area contributed by atoms with Crippen molar-refractivity contribution in [1.29, 1.82) is 5.26 Å². The predicted molar refractivity (Wildman–Crippen MR) is 160 cm³/mol. The molecule has 3 N–H and O–H groups in total. The van der Waals surface area contributed by atoms with Crippen molar-refractivity contribution in [3.05, 3.63) is 93.8 Å². The van der Waals surface area contributed by atoms with Gasteiger partial charge in [0.25, 0.3) is 11.8 Å². The molecule has 0 radical (unpaired) electrons. The van der Waals surface area contributed by atoms with Crippen LogP contribution in [0.15, 0.2) is 54.6 Å². The highest BCUT2D eigenvalue weighted by atomic mass is 19.1. The van der Waals surface area contributed by atoms with Crippen molar-refractivity contribution in [3.63, 3.8) is 0 Å². The molecule has 4 amide bonds. The number of nitrogens with two attached hydrogens (primary N) is 1. The van der Waals surface area contributed by atoms with Gasteiger partial charge in [-0.25, -0.2) is 4.39 Å². The number of halogens is 1.